The maximum Gasteiger partial charge on any atom is 0.122 e. The molecule has 0 unspecified atom stereocenters. The fraction of sp³-hybridized carbons (Fsp3) is 0.316. The second kappa shape index (κ2) is 5.99. The van der Waals surface area contributed by atoms with Crippen LogP contribution < -0.4 is 4.74 Å². The van der Waals surface area contributed by atoms with E-state index in [2.05, 4.69) is 45.1 Å². The van der Waals surface area contributed by atoms with E-state index in [1.165, 1.54) is 15.6 Å². The first-order valence-corrected chi connectivity index (χ1v) is 8.66. The molecule has 2 aromatic carbocycles. The van der Waals surface area contributed by atoms with Crippen molar-refractivity contribution >= 4 is 15.9 Å². The fourth-order valence-electron chi connectivity index (χ4n) is 3.71. The summed E-state index contributed by atoms with van der Waals surface area (Å²) in [6.45, 7) is 3.79. The number of rotatable bonds is 2. The van der Waals surface area contributed by atoms with Crippen molar-refractivity contribution in [2.45, 2.75) is 12.5 Å². The summed E-state index contributed by atoms with van der Waals surface area (Å²) in [5, 5.41) is 9.15. The number of fused-ring (bicyclic) bond motifs is 3. The molecule has 0 spiro atoms. The Morgan fingerprint density at radius 1 is 1.22 bits per heavy atom. The van der Waals surface area contributed by atoms with Gasteiger partial charge in [-0.2, -0.15) is 5.26 Å². The van der Waals surface area contributed by atoms with Crippen molar-refractivity contribution in [2.24, 2.45) is 5.92 Å². The summed E-state index contributed by atoms with van der Waals surface area (Å²) in [7, 11) is 0. The zero-order valence-electron chi connectivity index (χ0n) is 12.7. The van der Waals surface area contributed by atoms with Gasteiger partial charge in [0.2, 0.25) is 0 Å². The maximum absolute atomic E-state index is 9.15. The molecule has 2 aromatic rings. The minimum absolute atomic E-state index is 0.467. The van der Waals surface area contributed by atoms with Crippen LogP contribution in [0.4, 0.5) is 0 Å². The number of halogens is 1. The van der Waals surface area contributed by atoms with E-state index in [4.69, 9.17) is 10.00 Å². The summed E-state index contributed by atoms with van der Waals surface area (Å²) in [5.74, 6) is 1.93. The topological polar surface area (TPSA) is 36.3 Å². The lowest BCUT2D eigenvalue weighted by Crippen LogP contribution is -2.25. The van der Waals surface area contributed by atoms with Crippen molar-refractivity contribution in [2.75, 3.05) is 19.7 Å². The second-order valence-corrected chi connectivity index (χ2v) is 7.18. The highest BCUT2D eigenvalue weighted by Crippen LogP contribution is 2.42. The van der Waals surface area contributed by atoms with Crippen LogP contribution in [-0.4, -0.2) is 24.6 Å². The predicted molar refractivity (Wildman–Crippen MR) is 92.3 cm³/mol. The van der Waals surface area contributed by atoms with Gasteiger partial charge in [-0.3, -0.25) is 4.90 Å². The van der Waals surface area contributed by atoms with E-state index in [1.807, 2.05) is 24.3 Å². The van der Waals surface area contributed by atoms with Crippen LogP contribution in [0, 0.1) is 17.2 Å². The van der Waals surface area contributed by atoms with Crippen LogP contribution in [0.25, 0.3) is 0 Å². The molecule has 116 valence electrons. The van der Waals surface area contributed by atoms with Gasteiger partial charge in [-0.15, -0.1) is 0 Å². The average molecular weight is 369 g/mol. The van der Waals surface area contributed by atoms with Gasteiger partial charge in [0.25, 0.3) is 0 Å². The van der Waals surface area contributed by atoms with E-state index in [0.29, 0.717) is 11.8 Å². The Kier molecular flexibility index (Phi) is 3.84. The van der Waals surface area contributed by atoms with Crippen LogP contribution in [0.15, 0.2) is 46.9 Å². The highest BCUT2D eigenvalue weighted by atomic mass is 79.9. The summed E-state index contributed by atoms with van der Waals surface area (Å²) >= 11 is 3.64. The molecule has 2 aliphatic heterocycles. The van der Waals surface area contributed by atoms with Gasteiger partial charge in [0.15, 0.2) is 0 Å². The third kappa shape index (κ3) is 2.75. The zero-order chi connectivity index (χ0) is 15.8. The first kappa shape index (κ1) is 14.7. The van der Waals surface area contributed by atoms with Crippen molar-refractivity contribution in [3.05, 3.63) is 63.6 Å². The quantitative estimate of drug-likeness (QED) is 0.805. The molecule has 4 heteroatoms. The number of benzene rings is 2. The molecule has 0 amide bonds. The molecule has 0 radical (unpaired) electrons. The molecule has 2 atom stereocenters. The summed E-state index contributed by atoms with van der Waals surface area (Å²) in [6, 6.07) is 16.4. The van der Waals surface area contributed by atoms with Gasteiger partial charge in [-0.05, 0) is 29.8 Å². The maximum atomic E-state index is 9.15. The Morgan fingerprint density at radius 3 is 2.91 bits per heavy atom. The largest absolute Gasteiger partial charge is 0.493 e. The van der Waals surface area contributed by atoms with E-state index in [-0.39, 0.29) is 0 Å². The van der Waals surface area contributed by atoms with Crippen LogP contribution in [0.3, 0.4) is 0 Å². The van der Waals surface area contributed by atoms with Crippen molar-refractivity contribution in [3.63, 3.8) is 0 Å². The molecule has 4 rings (SSSR count). The van der Waals surface area contributed by atoms with Crippen LogP contribution in [0.5, 0.6) is 5.75 Å². The molecule has 1 saturated heterocycles. The Hall–Kier alpha value is -1.83. The monoisotopic (exact) mass is 368 g/mol. The highest BCUT2D eigenvalue weighted by Gasteiger charge is 2.38. The van der Waals surface area contributed by atoms with Gasteiger partial charge < -0.3 is 4.74 Å². The molecular weight excluding hydrogens is 352 g/mol. The van der Waals surface area contributed by atoms with Crippen LogP contribution in [0.2, 0.25) is 0 Å². The summed E-state index contributed by atoms with van der Waals surface area (Å²) in [4.78, 5) is 2.49. The van der Waals surface area contributed by atoms with E-state index in [9.17, 15) is 0 Å². The number of nitrogens with zero attached hydrogens (tertiary/aromatic N) is 2. The molecule has 0 bridgehead atoms. The summed E-state index contributed by atoms with van der Waals surface area (Å²) in [5.41, 5.74) is 3.24. The lowest BCUT2D eigenvalue weighted by molar-refractivity contribution is 0.212. The van der Waals surface area contributed by atoms with Gasteiger partial charge >= 0.3 is 0 Å². The Bertz CT molecular complexity index is 783. The van der Waals surface area contributed by atoms with E-state index >= 15 is 0 Å². The first-order valence-electron chi connectivity index (χ1n) is 7.87. The standard InChI is InChI=1S/C19H17BrN2O/c20-18-4-2-1-3-14(18)9-22-10-15-12-23-19-6-5-13(8-21)7-16(19)17(15)11-22/h1-7,15,17H,9-12H2/t15-,17+/m1/s1. The smallest absolute Gasteiger partial charge is 0.122 e. The SMILES string of the molecule is N#Cc1ccc2c(c1)[C@H]1CN(Cc3ccccc3Br)C[C@@H]1CO2. The van der Waals surface area contributed by atoms with Gasteiger partial charge in [0.05, 0.1) is 18.2 Å². The van der Waals surface area contributed by atoms with E-state index < -0.39 is 0 Å². The second-order valence-electron chi connectivity index (χ2n) is 6.33. The highest BCUT2D eigenvalue weighted by molar-refractivity contribution is 9.10. The molecule has 2 heterocycles. The van der Waals surface area contributed by atoms with Gasteiger partial charge in [0.1, 0.15) is 5.75 Å². The molecule has 0 N–H and O–H groups in total. The van der Waals surface area contributed by atoms with Crippen molar-refractivity contribution in [3.8, 4) is 11.8 Å². The molecule has 0 aliphatic carbocycles. The van der Waals surface area contributed by atoms with Crippen LogP contribution >= 0.6 is 15.9 Å². The van der Waals surface area contributed by atoms with Crippen LogP contribution in [-0.2, 0) is 6.54 Å². The number of likely N-dealkylation sites (tertiary alicyclic amines) is 1. The minimum atomic E-state index is 0.467. The Balaban J connectivity index is 1.57. The van der Waals surface area contributed by atoms with Gasteiger partial charge in [-0.1, -0.05) is 34.1 Å². The normalized spacial score (nSPS) is 22.8. The molecular formula is C19H17BrN2O. The summed E-state index contributed by atoms with van der Waals surface area (Å²) in [6.07, 6.45) is 0. The third-order valence-electron chi connectivity index (χ3n) is 4.86. The van der Waals surface area contributed by atoms with E-state index in [0.717, 1.165) is 37.6 Å². The first-order chi connectivity index (χ1) is 11.2. The lowest BCUT2D eigenvalue weighted by Gasteiger charge is -2.27. The predicted octanol–water partition coefficient (Wildman–Crippen LogP) is 3.93. The molecule has 0 aromatic heterocycles. The lowest BCUT2D eigenvalue weighted by atomic mass is 9.86. The number of hydrogen-bond acceptors (Lipinski definition) is 3. The number of ether oxygens (including phenoxy) is 1. The number of nitriles is 1. The van der Waals surface area contributed by atoms with Crippen molar-refractivity contribution in [1.29, 1.82) is 5.26 Å². The molecule has 3 nitrogen and oxygen atoms in total. The third-order valence-corrected chi connectivity index (χ3v) is 5.63. The van der Waals surface area contributed by atoms with Crippen LogP contribution in [0.1, 0.15) is 22.6 Å². The molecule has 0 saturated carbocycles. The Morgan fingerprint density at radius 2 is 2.09 bits per heavy atom. The Labute approximate surface area is 144 Å². The fourth-order valence-corrected chi connectivity index (χ4v) is 4.12. The van der Waals surface area contributed by atoms with Crippen molar-refractivity contribution < 1.29 is 4.74 Å². The molecule has 2 aliphatic rings. The van der Waals surface area contributed by atoms with Gasteiger partial charge in [0, 0.05) is 41.5 Å². The minimum Gasteiger partial charge on any atom is -0.493 e. The average Bonchev–Trinajstić information content (AvgIpc) is 2.99. The van der Waals surface area contributed by atoms with Crippen molar-refractivity contribution in [1.82, 2.24) is 4.90 Å². The van der Waals surface area contributed by atoms with Gasteiger partial charge in [-0.25, -0.2) is 0 Å². The van der Waals surface area contributed by atoms with E-state index in [1.54, 1.807) is 0 Å². The summed E-state index contributed by atoms with van der Waals surface area (Å²) < 4.78 is 7.08. The number of hydrogen-bond donors (Lipinski definition) is 0. The molecule has 1 fully saturated rings. The molecule has 23 heavy (non-hydrogen) atoms. The zero-order valence-corrected chi connectivity index (χ0v) is 14.3.